The fourth-order valence-corrected chi connectivity index (χ4v) is 3.72. The Hall–Kier alpha value is -1.48. The maximum Gasteiger partial charge on any atom is 0.317 e. The van der Waals surface area contributed by atoms with Gasteiger partial charge in [-0.25, -0.2) is 0 Å². The van der Waals surface area contributed by atoms with Gasteiger partial charge < -0.3 is 9.47 Å². The first kappa shape index (κ1) is 22.6. The topological polar surface area (TPSA) is 90.0 Å². The van der Waals surface area contributed by atoms with E-state index in [1.54, 1.807) is 27.7 Å². The van der Waals surface area contributed by atoms with Crippen molar-refractivity contribution in [1.82, 2.24) is 4.90 Å². The Labute approximate surface area is 163 Å². The van der Waals surface area contributed by atoms with E-state index in [4.69, 9.17) is 21.7 Å². The average Bonchev–Trinajstić information content (AvgIpc) is 2.90. The van der Waals surface area contributed by atoms with Gasteiger partial charge in [0, 0.05) is 18.7 Å². The lowest BCUT2D eigenvalue weighted by molar-refractivity contribution is -0.170. The highest BCUT2D eigenvalue weighted by molar-refractivity contribution is 8.23. The molecule has 0 aromatic heterocycles. The zero-order chi connectivity index (χ0) is 20.1. The van der Waals surface area contributed by atoms with E-state index < -0.39 is 41.1 Å². The minimum atomic E-state index is -1.40. The molecule has 9 heteroatoms. The predicted octanol–water partition coefficient (Wildman–Crippen LogP) is 1.96. The number of esters is 2. The molecule has 0 spiro atoms. The van der Waals surface area contributed by atoms with E-state index >= 15 is 0 Å². The van der Waals surface area contributed by atoms with E-state index in [0.717, 1.165) is 0 Å². The fraction of sp³-hybridized carbons (Fsp3) is 0.706. The Morgan fingerprint density at radius 1 is 1.23 bits per heavy atom. The Morgan fingerprint density at radius 3 is 2.27 bits per heavy atom. The Kier molecular flexibility index (Phi) is 8.20. The van der Waals surface area contributed by atoms with E-state index in [-0.39, 0.29) is 13.0 Å². The second-order valence-corrected chi connectivity index (χ2v) is 8.57. The summed E-state index contributed by atoms with van der Waals surface area (Å²) in [6.45, 7) is 8.29. The van der Waals surface area contributed by atoms with Crippen LogP contribution in [0.3, 0.4) is 0 Å². The maximum absolute atomic E-state index is 12.6. The average molecular weight is 404 g/mol. The maximum atomic E-state index is 12.6. The minimum absolute atomic E-state index is 0.0699. The number of hydrogen-bond donors (Lipinski definition) is 0. The zero-order valence-electron chi connectivity index (χ0n) is 15.7. The van der Waals surface area contributed by atoms with Crippen molar-refractivity contribution in [2.75, 3.05) is 18.9 Å². The number of thioether (sulfide) groups is 1. The molecule has 0 bridgehead atoms. The largest absolute Gasteiger partial charge is 0.466 e. The molecule has 1 aliphatic rings. The number of carbonyl (C=O) groups is 4. The molecule has 1 rings (SSSR count). The summed E-state index contributed by atoms with van der Waals surface area (Å²) >= 11 is 6.49. The molecule has 0 aromatic carbocycles. The van der Waals surface area contributed by atoms with E-state index in [2.05, 4.69) is 0 Å². The molecule has 1 fully saturated rings. The number of amides is 1. The van der Waals surface area contributed by atoms with Gasteiger partial charge in [0.25, 0.3) is 0 Å². The number of carbonyl (C=O) groups excluding carboxylic acids is 4. The monoisotopic (exact) mass is 403 g/mol. The lowest BCUT2D eigenvalue weighted by Crippen LogP contribution is -2.43. The van der Waals surface area contributed by atoms with Crippen LogP contribution in [0.5, 0.6) is 0 Å². The number of hydrogen-bond acceptors (Lipinski definition) is 8. The van der Waals surface area contributed by atoms with Gasteiger partial charge in [0.15, 0.2) is 0 Å². The van der Waals surface area contributed by atoms with Crippen LogP contribution < -0.4 is 0 Å². The second kappa shape index (κ2) is 9.45. The summed E-state index contributed by atoms with van der Waals surface area (Å²) in [6, 6.07) is 0. The summed E-state index contributed by atoms with van der Waals surface area (Å²) in [4.78, 5) is 51.0. The standard InChI is InChI=1S/C17H25NO6S2/c1-6-23-14(21)11(9-12(20)18-7-8-26-16(18)25)13(10(2)19)15(22)24-17(3,4)5/h11,13H,6-9H2,1-5H3/t11-,13?/m1/s1. The van der Waals surface area contributed by atoms with Gasteiger partial charge in [-0.3, -0.25) is 24.1 Å². The van der Waals surface area contributed by atoms with E-state index in [1.807, 2.05) is 0 Å². The highest BCUT2D eigenvalue weighted by Gasteiger charge is 2.43. The highest BCUT2D eigenvalue weighted by atomic mass is 32.2. The number of nitrogens with zero attached hydrogens (tertiary/aromatic N) is 1. The third-order valence-electron chi connectivity index (χ3n) is 3.55. The highest BCUT2D eigenvalue weighted by Crippen LogP contribution is 2.26. The van der Waals surface area contributed by atoms with Crippen molar-refractivity contribution >= 4 is 51.9 Å². The number of ketones is 1. The number of thiocarbonyl (C=S) groups is 1. The van der Waals surface area contributed by atoms with Gasteiger partial charge in [-0.15, -0.1) is 0 Å². The van der Waals surface area contributed by atoms with Crippen LogP contribution in [0, 0.1) is 11.8 Å². The van der Waals surface area contributed by atoms with Gasteiger partial charge in [0.05, 0.1) is 12.5 Å². The molecular weight excluding hydrogens is 378 g/mol. The molecule has 1 saturated heterocycles. The lowest BCUT2D eigenvalue weighted by atomic mass is 9.86. The summed E-state index contributed by atoms with van der Waals surface area (Å²) in [7, 11) is 0. The molecule has 0 saturated carbocycles. The van der Waals surface area contributed by atoms with E-state index in [1.165, 1.54) is 23.6 Å². The first-order chi connectivity index (χ1) is 12.0. The number of Topliss-reactive ketones (excluding diaryl/α,β-unsaturated/α-hetero) is 1. The van der Waals surface area contributed by atoms with E-state index in [0.29, 0.717) is 16.6 Å². The summed E-state index contributed by atoms with van der Waals surface area (Å²) in [5, 5.41) is 0. The van der Waals surface area contributed by atoms with Crippen molar-refractivity contribution in [2.45, 2.75) is 46.6 Å². The molecule has 26 heavy (non-hydrogen) atoms. The Balaban J connectivity index is 3.09. The van der Waals surface area contributed by atoms with Crippen LogP contribution in [0.2, 0.25) is 0 Å². The van der Waals surface area contributed by atoms with Crippen LogP contribution in [0.25, 0.3) is 0 Å². The quantitative estimate of drug-likeness (QED) is 0.362. The molecule has 2 atom stereocenters. The van der Waals surface area contributed by atoms with E-state index in [9.17, 15) is 19.2 Å². The van der Waals surface area contributed by atoms with Crippen LogP contribution in [0.4, 0.5) is 0 Å². The zero-order valence-corrected chi connectivity index (χ0v) is 17.3. The molecule has 1 amide bonds. The smallest absolute Gasteiger partial charge is 0.317 e. The number of ether oxygens (including phenoxy) is 2. The van der Waals surface area contributed by atoms with Crippen molar-refractivity contribution in [3.05, 3.63) is 0 Å². The molecule has 7 nitrogen and oxygen atoms in total. The SMILES string of the molecule is CCOC(=O)[C@H](CC(=O)N1CCSC1=S)C(C(C)=O)C(=O)OC(C)(C)C. The Morgan fingerprint density at radius 2 is 1.85 bits per heavy atom. The van der Waals surface area contributed by atoms with Crippen LogP contribution >= 0.6 is 24.0 Å². The molecule has 146 valence electrons. The minimum Gasteiger partial charge on any atom is -0.466 e. The molecule has 0 radical (unpaired) electrons. The summed E-state index contributed by atoms with van der Waals surface area (Å²) in [5.74, 6) is -4.55. The lowest BCUT2D eigenvalue weighted by Gasteiger charge is -2.27. The first-order valence-corrected chi connectivity index (χ1v) is 9.74. The Bertz CT molecular complexity index is 599. The van der Waals surface area contributed by atoms with Gasteiger partial charge >= 0.3 is 11.9 Å². The van der Waals surface area contributed by atoms with Gasteiger partial charge in [-0.2, -0.15) is 0 Å². The van der Waals surface area contributed by atoms with Crippen LogP contribution in [-0.4, -0.2) is 57.4 Å². The van der Waals surface area contributed by atoms with Crippen LogP contribution in [0.1, 0.15) is 41.0 Å². The molecule has 1 heterocycles. The molecule has 0 aromatic rings. The third kappa shape index (κ3) is 6.35. The van der Waals surface area contributed by atoms with Gasteiger partial charge in [0.1, 0.15) is 21.6 Å². The van der Waals surface area contributed by atoms with Crippen molar-refractivity contribution in [3.63, 3.8) is 0 Å². The fourth-order valence-electron chi connectivity index (χ4n) is 2.48. The van der Waals surface area contributed by atoms with Gasteiger partial charge in [0.2, 0.25) is 5.91 Å². The molecule has 1 aliphatic heterocycles. The second-order valence-electron chi connectivity index (χ2n) is 6.84. The van der Waals surface area contributed by atoms with Gasteiger partial charge in [-0.05, 0) is 34.6 Å². The van der Waals surface area contributed by atoms with Crippen molar-refractivity contribution < 1.29 is 28.7 Å². The van der Waals surface area contributed by atoms with Crippen molar-refractivity contribution in [3.8, 4) is 0 Å². The molecule has 0 N–H and O–H groups in total. The van der Waals surface area contributed by atoms with Crippen molar-refractivity contribution in [2.24, 2.45) is 11.8 Å². The summed E-state index contributed by atoms with van der Waals surface area (Å²) in [5.41, 5.74) is -0.832. The summed E-state index contributed by atoms with van der Waals surface area (Å²) in [6.07, 6.45) is -0.344. The molecular formula is C17H25NO6S2. The molecule has 1 unspecified atom stereocenters. The normalized spacial score (nSPS) is 16.8. The third-order valence-corrected chi connectivity index (χ3v) is 4.97. The predicted molar refractivity (Wildman–Crippen MR) is 102 cm³/mol. The van der Waals surface area contributed by atoms with Crippen LogP contribution in [-0.2, 0) is 28.7 Å². The summed E-state index contributed by atoms with van der Waals surface area (Å²) < 4.78 is 10.7. The van der Waals surface area contributed by atoms with Crippen molar-refractivity contribution in [1.29, 1.82) is 0 Å². The molecule has 0 aliphatic carbocycles. The van der Waals surface area contributed by atoms with Gasteiger partial charge in [-0.1, -0.05) is 24.0 Å². The first-order valence-electron chi connectivity index (χ1n) is 8.35. The number of rotatable bonds is 7. The van der Waals surface area contributed by atoms with Crippen LogP contribution in [0.15, 0.2) is 0 Å².